The van der Waals surface area contributed by atoms with Gasteiger partial charge >= 0.3 is 0 Å². The van der Waals surface area contributed by atoms with E-state index in [9.17, 15) is 9.59 Å². The van der Waals surface area contributed by atoms with Gasteiger partial charge < -0.3 is 10.1 Å². The minimum atomic E-state index is -0.611. The van der Waals surface area contributed by atoms with E-state index in [0.717, 1.165) is 11.0 Å². The van der Waals surface area contributed by atoms with Crippen LogP contribution in [0.15, 0.2) is 48.5 Å². The van der Waals surface area contributed by atoms with Crippen molar-refractivity contribution in [3.8, 4) is 5.75 Å². The number of hydrogen-bond donors (Lipinski definition) is 2. The molecule has 7 nitrogen and oxygen atoms in total. The SMILES string of the molecule is COc1ccc(NC(=O)C[C@H]2C(=O)Nc3nc4ccccc4n32)cc1. The average molecular weight is 336 g/mol. The van der Waals surface area contributed by atoms with Crippen molar-refractivity contribution in [2.24, 2.45) is 0 Å². The summed E-state index contributed by atoms with van der Waals surface area (Å²) in [7, 11) is 1.58. The van der Waals surface area contributed by atoms with Crippen LogP contribution in [0.5, 0.6) is 5.75 Å². The zero-order valence-electron chi connectivity index (χ0n) is 13.5. The van der Waals surface area contributed by atoms with Crippen molar-refractivity contribution in [2.75, 3.05) is 17.7 Å². The summed E-state index contributed by atoms with van der Waals surface area (Å²) in [5, 5.41) is 5.54. The summed E-state index contributed by atoms with van der Waals surface area (Å²) in [6.07, 6.45) is 0.0330. The molecule has 1 aromatic heterocycles. The number of fused-ring (bicyclic) bond motifs is 3. The lowest BCUT2D eigenvalue weighted by Crippen LogP contribution is -2.23. The molecule has 0 bridgehead atoms. The van der Waals surface area contributed by atoms with Crippen molar-refractivity contribution in [3.63, 3.8) is 0 Å². The molecule has 0 saturated carbocycles. The van der Waals surface area contributed by atoms with Gasteiger partial charge in [0.2, 0.25) is 17.8 Å². The van der Waals surface area contributed by atoms with Crippen molar-refractivity contribution in [1.82, 2.24) is 9.55 Å². The van der Waals surface area contributed by atoms with E-state index < -0.39 is 6.04 Å². The standard InChI is InChI=1S/C18H16N4O3/c1-25-12-8-6-11(7-9-12)19-16(23)10-15-17(24)21-18-20-13-4-2-3-5-14(13)22(15)18/h2-9,15H,10H2,1H3,(H,19,23)(H,20,21,24)/t15-/m0/s1. The number of amides is 2. The maximum absolute atomic E-state index is 12.4. The predicted molar refractivity (Wildman–Crippen MR) is 93.6 cm³/mol. The molecule has 0 aliphatic carbocycles. The van der Waals surface area contributed by atoms with E-state index in [2.05, 4.69) is 15.6 Å². The van der Waals surface area contributed by atoms with Crippen LogP contribution in [0.25, 0.3) is 11.0 Å². The number of methoxy groups -OCH3 is 1. The van der Waals surface area contributed by atoms with Crippen LogP contribution in [0.3, 0.4) is 0 Å². The van der Waals surface area contributed by atoms with Gasteiger partial charge in [-0.3, -0.25) is 19.5 Å². The minimum Gasteiger partial charge on any atom is -0.497 e. The fraction of sp³-hybridized carbons (Fsp3) is 0.167. The van der Waals surface area contributed by atoms with E-state index in [4.69, 9.17) is 4.74 Å². The number of benzene rings is 2. The Morgan fingerprint density at radius 3 is 2.76 bits per heavy atom. The van der Waals surface area contributed by atoms with Gasteiger partial charge in [-0.15, -0.1) is 0 Å². The Bertz CT molecular complexity index is 962. The number of rotatable bonds is 4. The van der Waals surface area contributed by atoms with E-state index >= 15 is 0 Å². The van der Waals surface area contributed by atoms with E-state index in [1.54, 1.807) is 35.9 Å². The zero-order chi connectivity index (χ0) is 17.4. The molecule has 7 heteroatoms. The number of carbonyl (C=O) groups is 2. The van der Waals surface area contributed by atoms with Crippen LogP contribution in [0.1, 0.15) is 12.5 Å². The van der Waals surface area contributed by atoms with Gasteiger partial charge in [-0.2, -0.15) is 0 Å². The highest BCUT2D eigenvalue weighted by Crippen LogP contribution is 2.32. The molecule has 1 aliphatic heterocycles. The highest BCUT2D eigenvalue weighted by molar-refractivity contribution is 6.03. The highest BCUT2D eigenvalue weighted by atomic mass is 16.5. The average Bonchev–Trinajstić information content (AvgIpc) is 3.11. The predicted octanol–water partition coefficient (Wildman–Crippen LogP) is 2.57. The third-order valence-electron chi connectivity index (χ3n) is 4.20. The second kappa shape index (κ2) is 5.94. The van der Waals surface area contributed by atoms with Crippen molar-refractivity contribution >= 4 is 34.5 Å². The number of ether oxygens (including phenoxy) is 1. The zero-order valence-corrected chi connectivity index (χ0v) is 13.5. The molecule has 2 heterocycles. The minimum absolute atomic E-state index is 0.0330. The van der Waals surface area contributed by atoms with Gasteiger partial charge in [0, 0.05) is 5.69 Å². The van der Waals surface area contributed by atoms with Gasteiger partial charge in [-0.05, 0) is 36.4 Å². The molecule has 1 aliphatic rings. The van der Waals surface area contributed by atoms with Crippen LogP contribution in [0.2, 0.25) is 0 Å². The summed E-state index contributed by atoms with van der Waals surface area (Å²) in [6.45, 7) is 0. The van der Waals surface area contributed by atoms with Crippen LogP contribution in [-0.4, -0.2) is 28.5 Å². The fourth-order valence-corrected chi connectivity index (χ4v) is 3.00. The van der Waals surface area contributed by atoms with Crippen LogP contribution >= 0.6 is 0 Å². The van der Waals surface area contributed by atoms with E-state index in [1.165, 1.54) is 0 Å². The first-order valence-electron chi connectivity index (χ1n) is 7.87. The Morgan fingerprint density at radius 1 is 1.24 bits per heavy atom. The number of carbonyl (C=O) groups excluding carboxylic acids is 2. The lowest BCUT2D eigenvalue weighted by Gasteiger charge is -2.12. The maximum Gasteiger partial charge on any atom is 0.250 e. The van der Waals surface area contributed by atoms with Crippen molar-refractivity contribution in [3.05, 3.63) is 48.5 Å². The Morgan fingerprint density at radius 2 is 2.00 bits per heavy atom. The first kappa shape index (κ1) is 15.2. The van der Waals surface area contributed by atoms with Gasteiger partial charge in [-0.1, -0.05) is 12.1 Å². The Kier molecular flexibility index (Phi) is 3.61. The molecule has 0 radical (unpaired) electrons. The molecule has 25 heavy (non-hydrogen) atoms. The number of para-hydroxylation sites is 2. The van der Waals surface area contributed by atoms with Gasteiger partial charge in [0.25, 0.3) is 0 Å². The molecule has 0 spiro atoms. The summed E-state index contributed by atoms with van der Waals surface area (Å²) in [5.74, 6) is 0.727. The number of hydrogen-bond acceptors (Lipinski definition) is 4. The Balaban J connectivity index is 1.54. The fourth-order valence-electron chi connectivity index (χ4n) is 3.00. The first-order chi connectivity index (χ1) is 12.2. The molecule has 126 valence electrons. The van der Waals surface area contributed by atoms with Crippen LogP contribution in [0.4, 0.5) is 11.6 Å². The van der Waals surface area contributed by atoms with Gasteiger partial charge in [0.15, 0.2) is 0 Å². The molecule has 4 rings (SSSR count). The molecule has 2 amide bonds. The summed E-state index contributed by atoms with van der Waals surface area (Å²) in [6, 6.07) is 14.0. The smallest absolute Gasteiger partial charge is 0.250 e. The largest absolute Gasteiger partial charge is 0.497 e. The number of nitrogens with zero attached hydrogens (tertiary/aromatic N) is 2. The second-order valence-corrected chi connectivity index (χ2v) is 5.78. The van der Waals surface area contributed by atoms with E-state index in [0.29, 0.717) is 17.4 Å². The van der Waals surface area contributed by atoms with Gasteiger partial charge in [-0.25, -0.2) is 4.98 Å². The van der Waals surface area contributed by atoms with Crippen LogP contribution in [0, 0.1) is 0 Å². The second-order valence-electron chi connectivity index (χ2n) is 5.78. The third-order valence-corrected chi connectivity index (χ3v) is 4.20. The molecule has 0 saturated heterocycles. The molecular formula is C18H16N4O3. The summed E-state index contributed by atoms with van der Waals surface area (Å²) < 4.78 is 6.87. The quantitative estimate of drug-likeness (QED) is 0.767. The van der Waals surface area contributed by atoms with Crippen molar-refractivity contribution in [2.45, 2.75) is 12.5 Å². The summed E-state index contributed by atoms with van der Waals surface area (Å²) in [5.41, 5.74) is 2.27. The molecule has 2 N–H and O–H groups in total. The van der Waals surface area contributed by atoms with Crippen LogP contribution in [-0.2, 0) is 9.59 Å². The Hall–Kier alpha value is -3.35. The van der Waals surface area contributed by atoms with Crippen molar-refractivity contribution < 1.29 is 14.3 Å². The monoisotopic (exact) mass is 336 g/mol. The molecule has 0 fully saturated rings. The summed E-state index contributed by atoms with van der Waals surface area (Å²) in [4.78, 5) is 29.0. The molecule has 1 atom stereocenters. The normalized spacial score (nSPS) is 15.7. The number of aromatic nitrogens is 2. The lowest BCUT2D eigenvalue weighted by molar-refractivity contribution is -0.123. The third kappa shape index (κ3) is 2.69. The maximum atomic E-state index is 12.4. The number of imidazole rings is 1. The summed E-state index contributed by atoms with van der Waals surface area (Å²) >= 11 is 0. The highest BCUT2D eigenvalue weighted by Gasteiger charge is 2.34. The lowest BCUT2D eigenvalue weighted by atomic mass is 10.1. The van der Waals surface area contributed by atoms with E-state index in [-0.39, 0.29) is 18.2 Å². The van der Waals surface area contributed by atoms with E-state index in [1.807, 2.05) is 24.3 Å². The molecule has 3 aromatic rings. The Labute approximate surface area is 143 Å². The van der Waals surface area contributed by atoms with Crippen molar-refractivity contribution in [1.29, 1.82) is 0 Å². The molecule has 2 aromatic carbocycles. The first-order valence-corrected chi connectivity index (χ1v) is 7.87. The van der Waals surface area contributed by atoms with Gasteiger partial charge in [0.1, 0.15) is 11.8 Å². The van der Waals surface area contributed by atoms with Crippen LogP contribution < -0.4 is 15.4 Å². The van der Waals surface area contributed by atoms with Gasteiger partial charge in [0.05, 0.1) is 24.6 Å². The topological polar surface area (TPSA) is 85.2 Å². The molecule has 0 unspecified atom stereocenters. The number of nitrogens with one attached hydrogen (secondary N) is 2. The molecular weight excluding hydrogens is 320 g/mol. The number of anilines is 2.